The molecule has 0 aliphatic carbocycles. The summed E-state index contributed by atoms with van der Waals surface area (Å²) in [5.41, 5.74) is 0. The number of unbranched alkanes of at least 4 members (excludes halogenated alkanes) is 5. The van der Waals surface area contributed by atoms with Gasteiger partial charge in [-0.2, -0.15) is 0 Å². The fourth-order valence-electron chi connectivity index (χ4n) is 3.40. The molecule has 0 fully saturated rings. The minimum Gasteiger partial charge on any atom is -0.396 e. The number of rotatable bonds is 12. The molecule has 0 spiro atoms. The monoisotopic (exact) mass is 440 g/mol. The molecule has 2 N–H and O–H groups in total. The minimum absolute atomic E-state index is 0. The molecule has 0 aromatic rings. The van der Waals surface area contributed by atoms with Crippen LogP contribution < -0.4 is 0 Å². The number of nitrogens with zero attached hydrogens (tertiary/aromatic N) is 4. The third-order valence-corrected chi connectivity index (χ3v) is 4.90. The second-order valence-electron chi connectivity index (χ2n) is 6.88. The highest BCUT2D eigenvalue weighted by Gasteiger charge is 2.15. The number of aliphatic hydroxyl groups is 2. The summed E-state index contributed by atoms with van der Waals surface area (Å²) in [5.74, 6) is 2.30. The molecule has 0 amide bonds. The van der Waals surface area contributed by atoms with Crippen LogP contribution in [-0.4, -0.2) is 84.2 Å². The number of halogens is 2. The van der Waals surface area contributed by atoms with Gasteiger partial charge in [0.2, 0.25) is 0 Å². The highest BCUT2D eigenvalue weighted by Crippen LogP contribution is 2.11. The van der Waals surface area contributed by atoms with Crippen molar-refractivity contribution in [1.82, 2.24) is 9.80 Å². The van der Waals surface area contributed by atoms with E-state index in [1.165, 1.54) is 44.4 Å². The van der Waals surface area contributed by atoms with Crippen molar-refractivity contribution in [3.8, 4) is 0 Å². The maximum Gasteiger partial charge on any atom is 0.101 e. The van der Waals surface area contributed by atoms with Gasteiger partial charge in [0.25, 0.3) is 0 Å². The Labute approximate surface area is 184 Å². The normalized spacial score (nSPS) is 15.3. The highest BCUT2D eigenvalue weighted by atomic mass is 35.5. The Morgan fingerprint density at radius 1 is 0.750 bits per heavy atom. The number of likely N-dealkylation sites (N-methyl/N-ethyl adjacent to an activating group) is 1. The van der Waals surface area contributed by atoms with Crippen LogP contribution in [0.25, 0.3) is 0 Å². The van der Waals surface area contributed by atoms with E-state index in [0.29, 0.717) is 6.42 Å². The fraction of sp³-hybridized carbons (Fsp3) is 0.900. The van der Waals surface area contributed by atoms with Crippen molar-refractivity contribution in [2.75, 3.05) is 52.5 Å². The minimum atomic E-state index is 0. The number of β-amino-alcohol motifs (C(OH)–C–C–N with tert-alkyl or cyclic N) is 1. The molecular formula is C20H42Cl2N4O2. The van der Waals surface area contributed by atoms with Gasteiger partial charge in [0.05, 0.1) is 32.1 Å². The lowest BCUT2D eigenvalue weighted by molar-refractivity contribution is 0.255. The molecule has 0 aromatic heterocycles. The third-order valence-electron chi connectivity index (χ3n) is 4.90. The molecule has 0 unspecified atom stereocenters. The van der Waals surface area contributed by atoms with Crippen LogP contribution in [0.5, 0.6) is 0 Å². The van der Waals surface area contributed by atoms with Crippen LogP contribution in [0.3, 0.4) is 0 Å². The molecule has 0 bridgehead atoms. The topological polar surface area (TPSA) is 71.7 Å². The van der Waals surface area contributed by atoms with E-state index < -0.39 is 0 Å². The van der Waals surface area contributed by atoms with Crippen LogP contribution in [0.15, 0.2) is 9.98 Å². The number of hydrogen-bond acceptors (Lipinski definition) is 6. The summed E-state index contributed by atoms with van der Waals surface area (Å²) in [5, 5.41) is 17.5. The molecule has 0 atom stereocenters. The van der Waals surface area contributed by atoms with Crippen molar-refractivity contribution in [1.29, 1.82) is 0 Å². The number of aliphatic hydroxyl groups excluding tert-OH is 2. The molecule has 2 heterocycles. The number of hydrogen-bond donors (Lipinski definition) is 2. The van der Waals surface area contributed by atoms with Gasteiger partial charge in [0.1, 0.15) is 5.84 Å². The molecule has 6 nitrogen and oxygen atoms in total. The Kier molecular flexibility index (Phi) is 20.9. The zero-order valence-electron chi connectivity index (χ0n) is 17.8. The summed E-state index contributed by atoms with van der Waals surface area (Å²) < 4.78 is 0. The SMILES string of the molecule is CCCCCCCCC1=NCCN1CCO.CCN1CCN=C1CCO.Cl.Cl. The number of aliphatic imine (C=N–C) groups is 2. The van der Waals surface area contributed by atoms with Crippen molar-refractivity contribution in [2.24, 2.45) is 9.98 Å². The summed E-state index contributed by atoms with van der Waals surface area (Å²) in [7, 11) is 0. The van der Waals surface area contributed by atoms with Crippen LogP contribution in [0.1, 0.15) is 65.2 Å². The molecule has 2 rings (SSSR count). The van der Waals surface area contributed by atoms with Gasteiger partial charge >= 0.3 is 0 Å². The van der Waals surface area contributed by atoms with Crippen molar-refractivity contribution in [2.45, 2.75) is 65.2 Å². The number of amidine groups is 2. The lowest BCUT2D eigenvalue weighted by atomic mass is 10.1. The first-order valence-corrected chi connectivity index (χ1v) is 10.5. The summed E-state index contributed by atoms with van der Waals surface area (Å²) in [6.07, 6.45) is 9.83. The summed E-state index contributed by atoms with van der Waals surface area (Å²) in [4.78, 5) is 13.2. The van der Waals surface area contributed by atoms with Gasteiger partial charge in [-0.15, -0.1) is 24.8 Å². The van der Waals surface area contributed by atoms with Crippen molar-refractivity contribution in [3.63, 3.8) is 0 Å². The van der Waals surface area contributed by atoms with E-state index >= 15 is 0 Å². The van der Waals surface area contributed by atoms with Crippen LogP contribution >= 0.6 is 24.8 Å². The largest absolute Gasteiger partial charge is 0.396 e. The zero-order chi connectivity index (χ0) is 19.0. The van der Waals surface area contributed by atoms with E-state index in [0.717, 1.165) is 51.5 Å². The lowest BCUT2D eigenvalue weighted by Crippen LogP contribution is -2.30. The van der Waals surface area contributed by atoms with E-state index in [4.69, 9.17) is 10.2 Å². The third kappa shape index (κ3) is 12.1. The zero-order valence-corrected chi connectivity index (χ0v) is 19.4. The quantitative estimate of drug-likeness (QED) is 0.456. The van der Waals surface area contributed by atoms with Gasteiger partial charge in [-0.1, -0.05) is 39.0 Å². The fourth-order valence-corrected chi connectivity index (χ4v) is 3.40. The summed E-state index contributed by atoms with van der Waals surface area (Å²) in [6.45, 7) is 10.5. The molecule has 0 radical (unpaired) electrons. The van der Waals surface area contributed by atoms with E-state index in [-0.39, 0.29) is 38.0 Å². The standard InChI is InChI=1S/C13H26N2O.C7H14N2O.2ClH/c1-2-3-4-5-6-7-8-13-14-9-10-15(13)11-12-16;1-2-9-5-4-8-7(9)3-6-10;;/h16H,2-12H2,1H3;10H,2-6H2,1H3;2*1H. The molecule has 0 aromatic carbocycles. The molecule has 2 aliphatic rings. The Hall–Kier alpha value is -0.560. The van der Waals surface area contributed by atoms with E-state index in [1.807, 2.05) is 0 Å². The van der Waals surface area contributed by atoms with Crippen molar-refractivity contribution >= 4 is 36.5 Å². The average Bonchev–Trinajstić information content (AvgIpc) is 3.28. The van der Waals surface area contributed by atoms with E-state index in [2.05, 4.69) is 33.6 Å². The molecule has 168 valence electrons. The van der Waals surface area contributed by atoms with Crippen LogP contribution in [-0.2, 0) is 0 Å². The van der Waals surface area contributed by atoms with Gasteiger partial charge in [-0.3, -0.25) is 9.98 Å². The van der Waals surface area contributed by atoms with Gasteiger partial charge in [-0.05, 0) is 13.3 Å². The molecule has 8 heteroatoms. The molecular weight excluding hydrogens is 399 g/mol. The summed E-state index contributed by atoms with van der Waals surface area (Å²) in [6, 6.07) is 0. The first-order chi connectivity index (χ1) is 12.8. The predicted molar refractivity (Wildman–Crippen MR) is 125 cm³/mol. The Balaban J connectivity index is 0. The maximum absolute atomic E-state index is 8.92. The van der Waals surface area contributed by atoms with Crippen LogP contribution in [0.2, 0.25) is 0 Å². The smallest absolute Gasteiger partial charge is 0.101 e. The molecule has 28 heavy (non-hydrogen) atoms. The Morgan fingerprint density at radius 2 is 1.32 bits per heavy atom. The van der Waals surface area contributed by atoms with Crippen molar-refractivity contribution < 1.29 is 10.2 Å². The van der Waals surface area contributed by atoms with Gasteiger partial charge in [0, 0.05) is 39.0 Å². The second kappa shape index (κ2) is 19.7. The Morgan fingerprint density at radius 3 is 1.89 bits per heavy atom. The predicted octanol–water partition coefficient (Wildman–Crippen LogP) is 3.39. The van der Waals surface area contributed by atoms with Crippen LogP contribution in [0.4, 0.5) is 0 Å². The van der Waals surface area contributed by atoms with Gasteiger partial charge < -0.3 is 20.0 Å². The van der Waals surface area contributed by atoms with E-state index in [1.54, 1.807) is 0 Å². The van der Waals surface area contributed by atoms with Crippen LogP contribution in [0, 0.1) is 0 Å². The first-order valence-electron chi connectivity index (χ1n) is 10.5. The van der Waals surface area contributed by atoms with Gasteiger partial charge in [0.15, 0.2) is 0 Å². The molecule has 0 saturated carbocycles. The lowest BCUT2D eigenvalue weighted by Gasteiger charge is -2.18. The van der Waals surface area contributed by atoms with Gasteiger partial charge in [-0.25, -0.2) is 0 Å². The second-order valence-corrected chi connectivity index (χ2v) is 6.88. The molecule has 2 aliphatic heterocycles. The first kappa shape index (κ1) is 29.6. The maximum atomic E-state index is 8.92. The highest BCUT2D eigenvalue weighted by molar-refractivity contribution is 5.86. The van der Waals surface area contributed by atoms with Crippen molar-refractivity contribution in [3.05, 3.63) is 0 Å². The molecule has 0 saturated heterocycles. The van der Waals surface area contributed by atoms with E-state index in [9.17, 15) is 0 Å². The average molecular weight is 441 g/mol. The Bertz CT molecular complexity index is 423. The summed E-state index contributed by atoms with van der Waals surface area (Å²) >= 11 is 0.